The van der Waals surface area contributed by atoms with Crippen LogP contribution in [0, 0.1) is 0 Å². The second-order valence-corrected chi connectivity index (χ2v) is 8.78. The molecule has 1 aromatic heterocycles. The molecule has 10 heteroatoms. The van der Waals surface area contributed by atoms with Crippen LogP contribution in [0.1, 0.15) is 21.5 Å². The highest BCUT2D eigenvalue weighted by Gasteiger charge is 2.34. The summed E-state index contributed by atoms with van der Waals surface area (Å²) in [6, 6.07) is 3.75. The second kappa shape index (κ2) is 8.26. The molecule has 1 aliphatic rings. The molecule has 1 N–H and O–H groups in total. The van der Waals surface area contributed by atoms with Crippen LogP contribution < -0.4 is 5.32 Å². The van der Waals surface area contributed by atoms with Crippen LogP contribution in [0.25, 0.3) is 0 Å². The average molecular weight is 463 g/mol. The van der Waals surface area contributed by atoms with Gasteiger partial charge < -0.3 is 4.90 Å². The van der Waals surface area contributed by atoms with Gasteiger partial charge in [0.2, 0.25) is 0 Å². The van der Waals surface area contributed by atoms with E-state index < -0.39 is 17.6 Å². The van der Waals surface area contributed by atoms with Gasteiger partial charge in [-0.25, -0.2) is 4.98 Å². The number of amides is 1. The molecule has 1 saturated heterocycles. The number of rotatable bonds is 4. The van der Waals surface area contributed by atoms with Crippen LogP contribution in [0.2, 0.25) is 0 Å². The monoisotopic (exact) mass is 462 g/mol. The van der Waals surface area contributed by atoms with E-state index in [1.165, 1.54) is 29.7 Å². The van der Waals surface area contributed by atoms with E-state index in [1.807, 2.05) is 11.9 Å². The highest BCUT2D eigenvalue weighted by atomic mass is 79.9. The highest BCUT2D eigenvalue weighted by molar-refractivity contribution is 9.11. The minimum Gasteiger partial charge on any atom is -0.304 e. The molecule has 0 unspecified atom stereocenters. The SMILES string of the molecule is CN1CCN(Cc2ccc(C(=O)Nc3ncc(Br)s3)cc2C(F)(F)F)CC1. The van der Waals surface area contributed by atoms with E-state index in [2.05, 4.69) is 31.1 Å². The minimum atomic E-state index is -4.53. The maximum atomic E-state index is 13.6. The summed E-state index contributed by atoms with van der Waals surface area (Å²) in [5.74, 6) is -0.617. The molecule has 2 heterocycles. The van der Waals surface area contributed by atoms with E-state index in [1.54, 1.807) is 0 Å². The summed E-state index contributed by atoms with van der Waals surface area (Å²) in [4.78, 5) is 20.4. The number of anilines is 1. The Kier molecular flexibility index (Phi) is 6.19. The first-order chi connectivity index (χ1) is 12.7. The first-order valence-corrected chi connectivity index (χ1v) is 9.87. The van der Waals surface area contributed by atoms with Gasteiger partial charge in [-0.2, -0.15) is 13.2 Å². The van der Waals surface area contributed by atoms with Crippen LogP contribution >= 0.6 is 27.3 Å². The molecule has 27 heavy (non-hydrogen) atoms. The number of hydrogen-bond acceptors (Lipinski definition) is 5. The third-order valence-electron chi connectivity index (χ3n) is 4.37. The molecule has 0 saturated carbocycles. The van der Waals surface area contributed by atoms with Gasteiger partial charge in [0, 0.05) is 38.3 Å². The van der Waals surface area contributed by atoms with Crippen molar-refractivity contribution in [2.24, 2.45) is 0 Å². The fourth-order valence-corrected chi connectivity index (χ4v) is 3.95. The fraction of sp³-hybridized carbons (Fsp3) is 0.412. The molecule has 0 aliphatic carbocycles. The number of benzene rings is 1. The Morgan fingerprint density at radius 3 is 2.59 bits per heavy atom. The van der Waals surface area contributed by atoms with Gasteiger partial charge in [-0.05, 0) is 40.7 Å². The van der Waals surface area contributed by atoms with Gasteiger partial charge in [0.1, 0.15) is 0 Å². The molecule has 1 fully saturated rings. The fourth-order valence-electron chi connectivity index (χ4n) is 2.85. The molecule has 1 aliphatic heterocycles. The van der Waals surface area contributed by atoms with E-state index in [4.69, 9.17) is 0 Å². The first-order valence-electron chi connectivity index (χ1n) is 8.26. The lowest BCUT2D eigenvalue weighted by molar-refractivity contribution is -0.138. The number of nitrogens with one attached hydrogen (secondary N) is 1. The number of nitrogens with zero attached hydrogens (tertiary/aromatic N) is 3. The van der Waals surface area contributed by atoms with Crippen molar-refractivity contribution in [2.75, 3.05) is 38.5 Å². The number of aromatic nitrogens is 1. The molecular formula is C17H18BrF3N4OS. The maximum Gasteiger partial charge on any atom is 0.416 e. The van der Waals surface area contributed by atoms with E-state index in [0.29, 0.717) is 5.13 Å². The molecule has 0 atom stereocenters. The van der Waals surface area contributed by atoms with E-state index in [0.717, 1.165) is 36.0 Å². The molecule has 1 amide bonds. The first kappa shape index (κ1) is 20.2. The number of halogens is 4. The zero-order valence-electron chi connectivity index (χ0n) is 14.5. The summed E-state index contributed by atoms with van der Waals surface area (Å²) in [6.45, 7) is 3.30. The van der Waals surface area contributed by atoms with Crippen LogP contribution in [-0.2, 0) is 12.7 Å². The van der Waals surface area contributed by atoms with Gasteiger partial charge in [-0.3, -0.25) is 15.0 Å². The van der Waals surface area contributed by atoms with Crippen LogP contribution in [0.3, 0.4) is 0 Å². The minimum absolute atomic E-state index is 0.0456. The normalized spacial score (nSPS) is 16.5. The van der Waals surface area contributed by atoms with Crippen LogP contribution in [0.5, 0.6) is 0 Å². The van der Waals surface area contributed by atoms with Crippen LogP contribution in [0.15, 0.2) is 28.2 Å². The summed E-state index contributed by atoms with van der Waals surface area (Å²) >= 11 is 4.41. The molecule has 0 spiro atoms. The summed E-state index contributed by atoms with van der Waals surface area (Å²) in [6.07, 6.45) is -3.01. The third-order valence-corrected chi connectivity index (χ3v) is 5.76. The summed E-state index contributed by atoms with van der Waals surface area (Å²) in [5, 5.41) is 2.84. The summed E-state index contributed by atoms with van der Waals surface area (Å²) in [7, 11) is 1.99. The Balaban J connectivity index is 1.80. The van der Waals surface area contributed by atoms with Crippen molar-refractivity contribution in [1.29, 1.82) is 0 Å². The number of alkyl halides is 3. The third kappa shape index (κ3) is 5.28. The van der Waals surface area contributed by atoms with Crippen molar-refractivity contribution in [1.82, 2.24) is 14.8 Å². The van der Waals surface area contributed by atoms with Crippen LogP contribution in [0.4, 0.5) is 18.3 Å². The molecule has 2 aromatic rings. The van der Waals surface area contributed by atoms with Crippen molar-refractivity contribution in [3.05, 3.63) is 44.9 Å². The Hall–Kier alpha value is -1.49. The van der Waals surface area contributed by atoms with E-state index in [9.17, 15) is 18.0 Å². The van der Waals surface area contributed by atoms with E-state index in [-0.39, 0.29) is 17.7 Å². The van der Waals surface area contributed by atoms with Crippen molar-refractivity contribution in [3.8, 4) is 0 Å². The summed E-state index contributed by atoms with van der Waals surface area (Å²) < 4.78 is 41.4. The van der Waals surface area contributed by atoms with Gasteiger partial charge in [0.25, 0.3) is 5.91 Å². The molecule has 0 radical (unpaired) electrons. The Morgan fingerprint density at radius 1 is 1.30 bits per heavy atom. The molecule has 146 valence electrons. The van der Waals surface area contributed by atoms with Gasteiger partial charge in [0.15, 0.2) is 5.13 Å². The van der Waals surface area contributed by atoms with Crippen molar-refractivity contribution >= 4 is 38.3 Å². The molecule has 5 nitrogen and oxygen atoms in total. The number of hydrogen-bond donors (Lipinski definition) is 1. The number of carbonyl (C=O) groups excluding carboxylic acids is 1. The number of likely N-dealkylation sites (N-methyl/N-ethyl adjacent to an activating group) is 1. The zero-order chi connectivity index (χ0) is 19.6. The molecule has 3 rings (SSSR count). The predicted octanol–water partition coefficient (Wildman–Crippen LogP) is 3.92. The second-order valence-electron chi connectivity index (χ2n) is 6.37. The quantitative estimate of drug-likeness (QED) is 0.747. The number of carbonyl (C=O) groups is 1. The molecular weight excluding hydrogens is 445 g/mol. The topological polar surface area (TPSA) is 48.5 Å². The highest BCUT2D eigenvalue weighted by Crippen LogP contribution is 2.34. The van der Waals surface area contributed by atoms with Gasteiger partial charge >= 0.3 is 6.18 Å². The predicted molar refractivity (Wildman–Crippen MR) is 102 cm³/mol. The average Bonchev–Trinajstić information content (AvgIpc) is 3.01. The summed E-state index contributed by atoms with van der Waals surface area (Å²) in [5.41, 5.74) is -0.634. The largest absolute Gasteiger partial charge is 0.416 e. The lowest BCUT2D eigenvalue weighted by Crippen LogP contribution is -2.44. The lowest BCUT2D eigenvalue weighted by atomic mass is 10.0. The zero-order valence-corrected chi connectivity index (χ0v) is 16.9. The van der Waals surface area contributed by atoms with Crippen molar-refractivity contribution < 1.29 is 18.0 Å². The van der Waals surface area contributed by atoms with Crippen molar-refractivity contribution in [3.63, 3.8) is 0 Å². The smallest absolute Gasteiger partial charge is 0.304 e. The van der Waals surface area contributed by atoms with Gasteiger partial charge in [-0.15, -0.1) is 0 Å². The molecule has 0 bridgehead atoms. The Labute approximate surface area is 167 Å². The Bertz CT molecular complexity index is 819. The number of piperazine rings is 1. The Morgan fingerprint density at radius 2 is 2.00 bits per heavy atom. The standard InChI is InChI=1S/C17H18BrF3N4OS/c1-24-4-6-25(7-5-24)10-12-3-2-11(8-13(12)17(19,20)21)15(26)23-16-22-9-14(18)27-16/h2-3,8-9H,4-7,10H2,1H3,(H,22,23,26). The van der Waals surface area contributed by atoms with E-state index >= 15 is 0 Å². The lowest BCUT2D eigenvalue weighted by Gasteiger charge is -2.33. The number of thiazole rings is 1. The molecule has 1 aromatic carbocycles. The van der Waals surface area contributed by atoms with Gasteiger partial charge in [-0.1, -0.05) is 17.4 Å². The maximum absolute atomic E-state index is 13.6. The van der Waals surface area contributed by atoms with Crippen LogP contribution in [-0.4, -0.2) is 53.9 Å². The van der Waals surface area contributed by atoms with Crippen molar-refractivity contribution in [2.45, 2.75) is 12.7 Å². The van der Waals surface area contributed by atoms with Gasteiger partial charge in [0.05, 0.1) is 15.5 Å².